The molecular weight excluding hydrogens is 277 g/mol. The van der Waals surface area contributed by atoms with E-state index >= 15 is 0 Å². The quantitative estimate of drug-likeness (QED) is 0.618. The average molecular weight is 295 g/mol. The third kappa shape index (κ3) is 6.56. The Morgan fingerprint density at radius 3 is 2.67 bits per heavy atom. The molecule has 6 heteroatoms. The molecule has 0 aliphatic rings. The highest BCUT2D eigenvalue weighted by atomic mass is 19.1. The number of carbonyl (C=O) groups is 2. The molecule has 0 bridgehead atoms. The van der Waals surface area contributed by atoms with Crippen molar-refractivity contribution in [1.29, 1.82) is 0 Å². The fraction of sp³-hybridized carbons (Fsp3) is 0.333. The molecule has 0 radical (unpaired) electrons. The van der Waals surface area contributed by atoms with Crippen LogP contribution in [-0.4, -0.2) is 42.6 Å². The van der Waals surface area contributed by atoms with Gasteiger partial charge in [-0.25, -0.2) is 9.18 Å². The molecule has 0 unspecified atom stereocenters. The summed E-state index contributed by atoms with van der Waals surface area (Å²) in [6.07, 6.45) is 3.09. The van der Waals surface area contributed by atoms with Gasteiger partial charge in [-0.05, 0) is 30.2 Å². The molecule has 1 N–H and O–H groups in total. The maximum atomic E-state index is 13.4. The molecule has 0 spiro atoms. The number of hydrogen-bond acceptors (Lipinski definition) is 3. The number of amides is 1. The van der Waals surface area contributed by atoms with Gasteiger partial charge >= 0.3 is 5.97 Å². The van der Waals surface area contributed by atoms with Crippen molar-refractivity contribution in [3.63, 3.8) is 0 Å². The van der Waals surface area contributed by atoms with Crippen molar-refractivity contribution in [2.24, 2.45) is 0 Å². The SMILES string of the molecule is CN(C)C(=O)CCCOc1cc(F)cc(/C=C/C(=O)O)c1. The van der Waals surface area contributed by atoms with Crippen LogP contribution in [0.1, 0.15) is 18.4 Å². The summed E-state index contributed by atoms with van der Waals surface area (Å²) >= 11 is 0. The monoisotopic (exact) mass is 295 g/mol. The molecule has 21 heavy (non-hydrogen) atoms. The average Bonchev–Trinajstić information content (AvgIpc) is 2.40. The second-order valence-electron chi connectivity index (χ2n) is 4.63. The molecule has 0 heterocycles. The van der Waals surface area contributed by atoms with E-state index in [1.165, 1.54) is 29.2 Å². The summed E-state index contributed by atoms with van der Waals surface area (Å²) in [7, 11) is 3.35. The van der Waals surface area contributed by atoms with Crippen LogP contribution in [0.5, 0.6) is 5.75 Å². The minimum absolute atomic E-state index is 0.00271. The number of halogens is 1. The van der Waals surface area contributed by atoms with Crippen LogP contribution >= 0.6 is 0 Å². The first-order valence-corrected chi connectivity index (χ1v) is 6.43. The van der Waals surface area contributed by atoms with Gasteiger partial charge in [-0.15, -0.1) is 0 Å². The Kier molecular flexibility index (Phi) is 6.39. The lowest BCUT2D eigenvalue weighted by Gasteiger charge is -2.10. The second-order valence-corrected chi connectivity index (χ2v) is 4.63. The molecule has 0 saturated heterocycles. The normalized spacial score (nSPS) is 10.6. The molecule has 0 aliphatic heterocycles. The molecule has 5 nitrogen and oxygen atoms in total. The van der Waals surface area contributed by atoms with E-state index in [2.05, 4.69) is 0 Å². The highest BCUT2D eigenvalue weighted by molar-refractivity contribution is 5.85. The first kappa shape index (κ1) is 16.7. The molecule has 0 aromatic heterocycles. The van der Waals surface area contributed by atoms with Gasteiger partial charge in [0.05, 0.1) is 6.61 Å². The maximum absolute atomic E-state index is 13.4. The Morgan fingerprint density at radius 1 is 1.33 bits per heavy atom. The summed E-state index contributed by atoms with van der Waals surface area (Å²) < 4.78 is 18.7. The number of aliphatic carboxylic acids is 1. The largest absolute Gasteiger partial charge is 0.493 e. The van der Waals surface area contributed by atoms with Gasteiger partial charge in [-0.3, -0.25) is 4.79 Å². The Hall–Kier alpha value is -2.37. The first-order chi connectivity index (χ1) is 9.88. The fourth-order valence-corrected chi connectivity index (χ4v) is 1.57. The van der Waals surface area contributed by atoms with Gasteiger partial charge in [-0.1, -0.05) is 0 Å². The van der Waals surface area contributed by atoms with Gasteiger partial charge in [0.15, 0.2) is 0 Å². The second kappa shape index (κ2) is 8.04. The van der Waals surface area contributed by atoms with Crippen LogP contribution in [0.25, 0.3) is 6.08 Å². The maximum Gasteiger partial charge on any atom is 0.328 e. The number of rotatable bonds is 7. The molecule has 1 rings (SSSR count). The van der Waals surface area contributed by atoms with E-state index < -0.39 is 11.8 Å². The van der Waals surface area contributed by atoms with Crippen LogP contribution in [0.4, 0.5) is 4.39 Å². The minimum atomic E-state index is -1.11. The van der Waals surface area contributed by atoms with Gasteiger partial charge in [0.2, 0.25) is 5.91 Å². The molecule has 114 valence electrons. The van der Waals surface area contributed by atoms with Crippen LogP contribution < -0.4 is 4.74 Å². The predicted molar refractivity (Wildman–Crippen MR) is 76.5 cm³/mol. The van der Waals surface area contributed by atoms with Gasteiger partial charge in [-0.2, -0.15) is 0 Å². The molecule has 0 saturated carbocycles. The summed E-state index contributed by atoms with van der Waals surface area (Å²) in [4.78, 5) is 23.3. The van der Waals surface area contributed by atoms with E-state index in [-0.39, 0.29) is 12.5 Å². The van der Waals surface area contributed by atoms with Crippen LogP contribution in [0.15, 0.2) is 24.3 Å². The third-order valence-corrected chi connectivity index (χ3v) is 2.61. The number of carboxylic acids is 1. The lowest BCUT2D eigenvalue weighted by molar-refractivity contribution is -0.131. The van der Waals surface area contributed by atoms with Gasteiger partial charge in [0.1, 0.15) is 11.6 Å². The zero-order chi connectivity index (χ0) is 15.8. The number of nitrogens with zero attached hydrogens (tertiary/aromatic N) is 1. The Balaban J connectivity index is 2.55. The van der Waals surface area contributed by atoms with Gasteiger partial charge < -0.3 is 14.7 Å². The van der Waals surface area contributed by atoms with E-state index in [0.717, 1.165) is 6.08 Å². The number of carboxylic acid groups (broad SMARTS) is 1. The molecule has 1 amide bonds. The number of benzene rings is 1. The van der Waals surface area contributed by atoms with Crippen LogP contribution in [0, 0.1) is 5.82 Å². The van der Waals surface area contributed by atoms with Crippen molar-refractivity contribution in [2.75, 3.05) is 20.7 Å². The highest BCUT2D eigenvalue weighted by Crippen LogP contribution is 2.18. The number of carbonyl (C=O) groups excluding carboxylic acids is 1. The Bertz CT molecular complexity index is 540. The summed E-state index contributed by atoms with van der Waals surface area (Å²) in [6, 6.07) is 3.96. The molecule has 0 aliphatic carbocycles. The lowest BCUT2D eigenvalue weighted by atomic mass is 10.2. The molecule has 0 fully saturated rings. The third-order valence-electron chi connectivity index (χ3n) is 2.61. The fourth-order valence-electron chi connectivity index (χ4n) is 1.57. The highest BCUT2D eigenvalue weighted by Gasteiger charge is 2.04. The lowest BCUT2D eigenvalue weighted by Crippen LogP contribution is -2.21. The van der Waals surface area contributed by atoms with Crippen molar-refractivity contribution in [2.45, 2.75) is 12.8 Å². The molecule has 0 atom stereocenters. The van der Waals surface area contributed by atoms with Crippen LogP contribution in [-0.2, 0) is 9.59 Å². The summed E-state index contributed by atoms with van der Waals surface area (Å²) in [5, 5.41) is 8.54. The number of ether oxygens (including phenoxy) is 1. The van der Waals surface area contributed by atoms with Gasteiger partial charge in [0, 0.05) is 32.7 Å². The van der Waals surface area contributed by atoms with E-state index in [1.807, 2.05) is 0 Å². The van der Waals surface area contributed by atoms with E-state index in [1.54, 1.807) is 14.1 Å². The summed E-state index contributed by atoms with van der Waals surface area (Å²) in [5.41, 5.74) is 0.400. The standard InChI is InChI=1S/C15H18FNO4/c1-17(2)14(18)4-3-7-21-13-9-11(5-6-15(19)20)8-12(16)10-13/h5-6,8-10H,3-4,7H2,1-2H3,(H,19,20)/b6-5+. The zero-order valence-electron chi connectivity index (χ0n) is 12.0. The molecule has 1 aromatic rings. The van der Waals surface area contributed by atoms with Crippen molar-refractivity contribution >= 4 is 18.0 Å². The van der Waals surface area contributed by atoms with Crippen LogP contribution in [0.3, 0.4) is 0 Å². The smallest absolute Gasteiger partial charge is 0.328 e. The Labute approximate surface area is 122 Å². The first-order valence-electron chi connectivity index (χ1n) is 6.43. The van der Waals surface area contributed by atoms with Crippen LogP contribution in [0.2, 0.25) is 0 Å². The van der Waals surface area contributed by atoms with Gasteiger partial charge in [0.25, 0.3) is 0 Å². The van der Waals surface area contributed by atoms with E-state index in [9.17, 15) is 14.0 Å². The van der Waals surface area contributed by atoms with E-state index in [4.69, 9.17) is 9.84 Å². The van der Waals surface area contributed by atoms with Crippen molar-refractivity contribution in [3.05, 3.63) is 35.7 Å². The molecular formula is C15H18FNO4. The van der Waals surface area contributed by atoms with Crippen molar-refractivity contribution in [3.8, 4) is 5.75 Å². The minimum Gasteiger partial charge on any atom is -0.493 e. The molecule has 1 aromatic carbocycles. The van der Waals surface area contributed by atoms with Crippen molar-refractivity contribution in [1.82, 2.24) is 4.90 Å². The predicted octanol–water partition coefficient (Wildman–Crippen LogP) is 2.17. The summed E-state index contributed by atoms with van der Waals surface area (Å²) in [6.45, 7) is 0.283. The number of hydrogen-bond donors (Lipinski definition) is 1. The Morgan fingerprint density at radius 2 is 2.05 bits per heavy atom. The topological polar surface area (TPSA) is 66.8 Å². The van der Waals surface area contributed by atoms with E-state index in [0.29, 0.717) is 24.2 Å². The zero-order valence-corrected chi connectivity index (χ0v) is 12.0. The van der Waals surface area contributed by atoms with Crippen molar-refractivity contribution < 1.29 is 23.8 Å². The summed E-state index contributed by atoms with van der Waals surface area (Å²) in [5.74, 6) is -1.31.